The molecule has 0 amide bonds. The standard InChI is InChI=1S/C14H14O/c1-2-8-14(11-15)9-7-12-5-3-4-6-13(12)10-14/h1,3-6,11H,7-10H2. The van der Waals surface area contributed by atoms with E-state index in [1.165, 1.54) is 11.1 Å². The third-order valence-corrected chi connectivity index (χ3v) is 3.26. The molecule has 0 spiro atoms. The van der Waals surface area contributed by atoms with E-state index in [0.717, 1.165) is 25.5 Å². The summed E-state index contributed by atoms with van der Waals surface area (Å²) in [6.07, 6.45) is 9.61. The van der Waals surface area contributed by atoms with E-state index in [1.807, 2.05) is 12.1 Å². The summed E-state index contributed by atoms with van der Waals surface area (Å²) in [6, 6.07) is 8.31. The molecule has 1 aliphatic carbocycles. The molecule has 2 rings (SSSR count). The minimum absolute atomic E-state index is 0.302. The van der Waals surface area contributed by atoms with Gasteiger partial charge in [0.2, 0.25) is 0 Å². The lowest BCUT2D eigenvalue weighted by Gasteiger charge is -2.31. The first-order valence-corrected chi connectivity index (χ1v) is 5.26. The van der Waals surface area contributed by atoms with Crippen LogP contribution in [-0.4, -0.2) is 6.29 Å². The number of hydrogen-bond donors (Lipinski definition) is 0. The third-order valence-electron chi connectivity index (χ3n) is 3.26. The van der Waals surface area contributed by atoms with Crippen LogP contribution in [0.15, 0.2) is 24.3 Å². The van der Waals surface area contributed by atoms with Gasteiger partial charge in [-0.15, -0.1) is 12.3 Å². The first-order chi connectivity index (χ1) is 7.29. The minimum Gasteiger partial charge on any atom is -0.303 e. The van der Waals surface area contributed by atoms with Crippen LogP contribution < -0.4 is 0 Å². The molecule has 1 nitrogen and oxygen atoms in total. The molecule has 0 aromatic heterocycles. The molecule has 0 radical (unpaired) electrons. The van der Waals surface area contributed by atoms with E-state index in [4.69, 9.17) is 6.42 Å². The van der Waals surface area contributed by atoms with Gasteiger partial charge in [0.25, 0.3) is 0 Å². The van der Waals surface area contributed by atoms with Crippen molar-refractivity contribution in [3.8, 4) is 12.3 Å². The number of hydrogen-bond acceptors (Lipinski definition) is 1. The molecule has 76 valence electrons. The predicted molar refractivity (Wildman–Crippen MR) is 60.4 cm³/mol. The summed E-state index contributed by atoms with van der Waals surface area (Å²) in [4.78, 5) is 11.2. The summed E-state index contributed by atoms with van der Waals surface area (Å²) in [5, 5.41) is 0. The summed E-state index contributed by atoms with van der Waals surface area (Å²) in [6.45, 7) is 0. The van der Waals surface area contributed by atoms with Crippen LogP contribution >= 0.6 is 0 Å². The Balaban J connectivity index is 2.31. The average Bonchev–Trinajstić information content (AvgIpc) is 2.29. The Kier molecular flexibility index (Phi) is 2.60. The third kappa shape index (κ3) is 1.80. The molecule has 0 heterocycles. The van der Waals surface area contributed by atoms with Gasteiger partial charge in [-0.25, -0.2) is 0 Å². The highest BCUT2D eigenvalue weighted by atomic mass is 16.1. The van der Waals surface area contributed by atoms with Gasteiger partial charge >= 0.3 is 0 Å². The van der Waals surface area contributed by atoms with Crippen molar-refractivity contribution in [3.05, 3.63) is 35.4 Å². The van der Waals surface area contributed by atoms with E-state index in [2.05, 4.69) is 18.1 Å². The number of carbonyl (C=O) groups excluding carboxylic acids is 1. The topological polar surface area (TPSA) is 17.1 Å². The highest BCUT2D eigenvalue weighted by Crippen LogP contribution is 2.36. The van der Waals surface area contributed by atoms with Gasteiger partial charge in [0.15, 0.2) is 0 Å². The first-order valence-electron chi connectivity index (χ1n) is 5.26. The molecule has 0 fully saturated rings. The van der Waals surface area contributed by atoms with E-state index < -0.39 is 0 Å². The SMILES string of the molecule is C#CCC1(C=O)CCc2ccccc2C1. The lowest BCUT2D eigenvalue weighted by Crippen LogP contribution is -2.30. The van der Waals surface area contributed by atoms with Crippen molar-refractivity contribution >= 4 is 6.29 Å². The number of rotatable bonds is 2. The molecule has 1 heteroatoms. The van der Waals surface area contributed by atoms with E-state index in [-0.39, 0.29) is 5.41 Å². The number of carbonyl (C=O) groups is 1. The summed E-state index contributed by atoms with van der Waals surface area (Å²) in [5.41, 5.74) is 2.35. The largest absolute Gasteiger partial charge is 0.303 e. The summed E-state index contributed by atoms with van der Waals surface area (Å²) < 4.78 is 0. The van der Waals surface area contributed by atoms with Crippen molar-refractivity contribution in [2.24, 2.45) is 5.41 Å². The minimum atomic E-state index is -0.302. The van der Waals surface area contributed by atoms with Gasteiger partial charge < -0.3 is 4.79 Å². The fraction of sp³-hybridized carbons (Fsp3) is 0.357. The van der Waals surface area contributed by atoms with Crippen molar-refractivity contribution in [2.45, 2.75) is 25.7 Å². The molecular formula is C14H14O. The van der Waals surface area contributed by atoms with Gasteiger partial charge in [-0.1, -0.05) is 24.3 Å². The normalized spacial score (nSPS) is 23.9. The van der Waals surface area contributed by atoms with Crippen molar-refractivity contribution in [1.29, 1.82) is 0 Å². The van der Waals surface area contributed by atoms with Crippen LogP contribution in [0, 0.1) is 17.8 Å². The summed E-state index contributed by atoms with van der Waals surface area (Å²) in [7, 11) is 0. The van der Waals surface area contributed by atoms with Crippen molar-refractivity contribution < 1.29 is 4.79 Å². The number of aryl methyl sites for hydroxylation is 1. The molecule has 0 bridgehead atoms. The zero-order valence-electron chi connectivity index (χ0n) is 8.70. The summed E-state index contributed by atoms with van der Waals surface area (Å²) in [5.74, 6) is 2.63. The number of benzene rings is 1. The van der Waals surface area contributed by atoms with Crippen LogP contribution in [0.3, 0.4) is 0 Å². The van der Waals surface area contributed by atoms with E-state index in [0.29, 0.717) is 6.42 Å². The molecule has 0 N–H and O–H groups in total. The Labute approximate surface area is 90.5 Å². The molecule has 15 heavy (non-hydrogen) atoms. The number of terminal acetylenes is 1. The maximum Gasteiger partial charge on any atom is 0.127 e. The first kappa shape index (κ1) is 9.98. The van der Waals surface area contributed by atoms with Crippen molar-refractivity contribution in [2.75, 3.05) is 0 Å². The fourth-order valence-electron chi connectivity index (χ4n) is 2.32. The fourth-order valence-corrected chi connectivity index (χ4v) is 2.32. The molecule has 0 aliphatic heterocycles. The second kappa shape index (κ2) is 3.90. The second-order valence-corrected chi connectivity index (χ2v) is 4.31. The van der Waals surface area contributed by atoms with Gasteiger partial charge in [-0.05, 0) is 30.4 Å². The maximum absolute atomic E-state index is 11.2. The van der Waals surface area contributed by atoms with Crippen LogP contribution in [0.2, 0.25) is 0 Å². The Bertz CT molecular complexity index is 414. The molecule has 1 atom stereocenters. The second-order valence-electron chi connectivity index (χ2n) is 4.31. The van der Waals surface area contributed by atoms with Gasteiger partial charge in [0, 0.05) is 11.8 Å². The van der Waals surface area contributed by atoms with Crippen molar-refractivity contribution in [3.63, 3.8) is 0 Å². The average molecular weight is 198 g/mol. The Hall–Kier alpha value is -1.55. The molecule has 1 unspecified atom stereocenters. The molecule has 0 saturated carbocycles. The molecular weight excluding hydrogens is 184 g/mol. The van der Waals surface area contributed by atoms with E-state index in [1.54, 1.807) is 0 Å². The van der Waals surface area contributed by atoms with Gasteiger partial charge in [0.05, 0.1) is 0 Å². The lowest BCUT2D eigenvalue weighted by molar-refractivity contribution is -0.116. The smallest absolute Gasteiger partial charge is 0.127 e. The van der Waals surface area contributed by atoms with E-state index in [9.17, 15) is 4.79 Å². The van der Waals surface area contributed by atoms with Crippen LogP contribution in [0.1, 0.15) is 24.0 Å². The maximum atomic E-state index is 11.2. The van der Waals surface area contributed by atoms with Gasteiger partial charge in [-0.3, -0.25) is 0 Å². The predicted octanol–water partition coefficient (Wildman–Crippen LogP) is 2.38. The Morgan fingerprint density at radius 2 is 2.13 bits per heavy atom. The van der Waals surface area contributed by atoms with E-state index >= 15 is 0 Å². The van der Waals surface area contributed by atoms with Crippen LogP contribution in [0.5, 0.6) is 0 Å². The van der Waals surface area contributed by atoms with Gasteiger partial charge in [-0.2, -0.15) is 0 Å². The van der Waals surface area contributed by atoms with Crippen molar-refractivity contribution in [1.82, 2.24) is 0 Å². The monoisotopic (exact) mass is 198 g/mol. The molecule has 1 aliphatic rings. The Morgan fingerprint density at radius 1 is 1.40 bits per heavy atom. The summed E-state index contributed by atoms with van der Waals surface area (Å²) >= 11 is 0. The molecule has 1 aromatic carbocycles. The highest BCUT2D eigenvalue weighted by Gasteiger charge is 2.33. The highest BCUT2D eigenvalue weighted by molar-refractivity contribution is 5.62. The Morgan fingerprint density at radius 3 is 2.80 bits per heavy atom. The lowest BCUT2D eigenvalue weighted by atomic mass is 9.71. The number of aldehydes is 1. The number of fused-ring (bicyclic) bond motifs is 1. The molecule has 0 saturated heterocycles. The molecule has 1 aromatic rings. The van der Waals surface area contributed by atoms with Crippen LogP contribution in [-0.2, 0) is 17.6 Å². The quantitative estimate of drug-likeness (QED) is 0.526. The van der Waals surface area contributed by atoms with Gasteiger partial charge in [0.1, 0.15) is 6.29 Å². The zero-order chi connectivity index (χ0) is 10.7. The van der Waals surface area contributed by atoms with Crippen LogP contribution in [0.25, 0.3) is 0 Å². The zero-order valence-corrected chi connectivity index (χ0v) is 8.70. The van der Waals surface area contributed by atoms with Crippen LogP contribution in [0.4, 0.5) is 0 Å².